The molecule has 0 saturated heterocycles. The number of aryl methyl sites for hydroxylation is 1. The lowest BCUT2D eigenvalue weighted by Gasteiger charge is -2.32. The maximum absolute atomic E-state index is 14.6. The van der Waals surface area contributed by atoms with E-state index in [-0.39, 0.29) is 25.3 Å². The molecule has 5 rings (SSSR count). The smallest absolute Gasteiger partial charge is 0.304 e. The van der Waals surface area contributed by atoms with Crippen LogP contribution in [0.3, 0.4) is 0 Å². The lowest BCUT2D eigenvalue weighted by molar-refractivity contribution is -0.137. The normalized spacial score (nSPS) is 13.7. The first-order valence-electron chi connectivity index (χ1n) is 12.2. The van der Waals surface area contributed by atoms with E-state index in [9.17, 15) is 23.5 Å². The van der Waals surface area contributed by atoms with Gasteiger partial charge in [-0.2, -0.15) is 0 Å². The van der Waals surface area contributed by atoms with E-state index in [0.717, 1.165) is 28.8 Å². The molecule has 1 N–H and O–H groups in total. The Labute approximate surface area is 222 Å². The lowest BCUT2D eigenvalue weighted by atomic mass is 9.82. The van der Waals surface area contributed by atoms with Crippen LogP contribution in [0.4, 0.5) is 8.78 Å². The van der Waals surface area contributed by atoms with Crippen LogP contribution in [0.5, 0.6) is 11.5 Å². The minimum Gasteiger partial charge on any atom is -0.497 e. The van der Waals surface area contributed by atoms with Crippen molar-refractivity contribution in [2.24, 2.45) is 7.05 Å². The minimum absolute atomic E-state index is 0.0176. The van der Waals surface area contributed by atoms with Gasteiger partial charge >= 0.3 is 5.97 Å². The fraction of sp³-hybridized carbons (Fsp3) is 0.286. The number of benzene rings is 3. The highest BCUT2D eigenvalue weighted by atomic mass is 19.1. The molecule has 1 aliphatic rings. The van der Waals surface area contributed by atoms with Crippen LogP contribution in [-0.2, 0) is 24.8 Å². The van der Waals surface area contributed by atoms with Gasteiger partial charge < -0.3 is 19.5 Å². The molecular weight excluding hydrogens is 510 g/mol. The molecule has 9 nitrogen and oxygen atoms in total. The van der Waals surface area contributed by atoms with E-state index in [1.54, 1.807) is 23.9 Å². The second kappa shape index (κ2) is 10.3. The highest BCUT2D eigenvalue weighted by Crippen LogP contribution is 2.38. The molecule has 0 aliphatic carbocycles. The van der Waals surface area contributed by atoms with Gasteiger partial charge in [-0.05, 0) is 40.8 Å². The van der Waals surface area contributed by atoms with Crippen molar-refractivity contribution < 1.29 is 33.0 Å². The van der Waals surface area contributed by atoms with Gasteiger partial charge in [-0.15, -0.1) is 5.10 Å². The number of halogens is 2. The molecular formula is C28H26F2N4O5. The molecule has 1 aromatic heterocycles. The number of hydrogen-bond acceptors (Lipinski definition) is 6. The van der Waals surface area contributed by atoms with E-state index >= 15 is 0 Å². The molecule has 39 heavy (non-hydrogen) atoms. The minimum atomic E-state index is -0.994. The van der Waals surface area contributed by atoms with Crippen molar-refractivity contribution in [2.75, 3.05) is 20.8 Å². The molecule has 3 aromatic carbocycles. The summed E-state index contributed by atoms with van der Waals surface area (Å²) >= 11 is 0. The van der Waals surface area contributed by atoms with Crippen molar-refractivity contribution in [3.8, 4) is 11.5 Å². The highest BCUT2D eigenvalue weighted by molar-refractivity contribution is 5.95. The largest absolute Gasteiger partial charge is 0.497 e. The summed E-state index contributed by atoms with van der Waals surface area (Å²) in [5.41, 5.74) is 3.82. The van der Waals surface area contributed by atoms with Gasteiger partial charge in [-0.1, -0.05) is 23.4 Å². The number of carbonyl (C=O) groups excluding carboxylic acids is 1. The molecule has 4 aromatic rings. The van der Waals surface area contributed by atoms with Crippen molar-refractivity contribution >= 4 is 22.9 Å². The molecule has 202 valence electrons. The Bertz CT molecular complexity index is 1580. The standard InChI is InChI=1S/C28H26F2N4O5/c1-33-27-23(31-32-33)9-16(10-24(27)39-3)20(13-25(35)36)19-6-4-5-15-14-34(8-7-18(15)19)28(37)26-21(29)11-17(38-2)12-22(26)30/h4-6,9-12,20H,7-8,13-14H2,1-3H3,(H,35,36). The van der Waals surface area contributed by atoms with Crippen LogP contribution in [0.15, 0.2) is 42.5 Å². The number of aliphatic carboxylic acids is 1. The quantitative estimate of drug-likeness (QED) is 0.380. The summed E-state index contributed by atoms with van der Waals surface area (Å²) < 4.78 is 41.3. The molecule has 1 amide bonds. The van der Waals surface area contributed by atoms with Gasteiger partial charge in [0.2, 0.25) is 0 Å². The number of fused-ring (bicyclic) bond motifs is 2. The fourth-order valence-electron chi connectivity index (χ4n) is 5.28. The van der Waals surface area contributed by atoms with Crippen molar-refractivity contribution in [1.29, 1.82) is 0 Å². The van der Waals surface area contributed by atoms with Crippen molar-refractivity contribution in [2.45, 2.75) is 25.3 Å². The van der Waals surface area contributed by atoms with Crippen LogP contribution in [0.25, 0.3) is 11.0 Å². The van der Waals surface area contributed by atoms with Gasteiger partial charge in [-0.25, -0.2) is 13.5 Å². The van der Waals surface area contributed by atoms with Gasteiger partial charge in [-0.3, -0.25) is 9.59 Å². The SMILES string of the molecule is COc1cc(F)c(C(=O)N2CCc3c(cccc3C(CC(=O)O)c3cc(OC)c4c(c3)nnn4C)C2)c(F)c1. The Morgan fingerprint density at radius 2 is 1.85 bits per heavy atom. The summed E-state index contributed by atoms with van der Waals surface area (Å²) in [6, 6.07) is 11.1. The van der Waals surface area contributed by atoms with Crippen LogP contribution in [0, 0.1) is 11.6 Å². The molecule has 2 heterocycles. The van der Waals surface area contributed by atoms with Crippen LogP contribution in [0.2, 0.25) is 0 Å². The molecule has 0 saturated carbocycles. The van der Waals surface area contributed by atoms with Crippen LogP contribution < -0.4 is 9.47 Å². The van der Waals surface area contributed by atoms with Crippen LogP contribution in [0.1, 0.15) is 45.0 Å². The van der Waals surface area contributed by atoms with Crippen LogP contribution in [-0.4, -0.2) is 57.6 Å². The predicted molar refractivity (Wildman–Crippen MR) is 137 cm³/mol. The van der Waals surface area contributed by atoms with Gasteiger partial charge in [0.25, 0.3) is 5.91 Å². The maximum atomic E-state index is 14.6. The average Bonchev–Trinajstić information content (AvgIpc) is 3.30. The van der Waals surface area contributed by atoms with E-state index in [0.29, 0.717) is 28.8 Å². The van der Waals surface area contributed by atoms with E-state index in [4.69, 9.17) is 9.47 Å². The number of carboxylic acid groups (broad SMARTS) is 1. The van der Waals surface area contributed by atoms with E-state index in [1.807, 2.05) is 18.2 Å². The zero-order valence-corrected chi connectivity index (χ0v) is 21.6. The molecule has 0 fully saturated rings. The van der Waals surface area contributed by atoms with E-state index in [2.05, 4.69) is 10.3 Å². The first-order chi connectivity index (χ1) is 18.7. The highest BCUT2D eigenvalue weighted by Gasteiger charge is 2.30. The summed E-state index contributed by atoms with van der Waals surface area (Å²) in [6.07, 6.45) is 0.202. The summed E-state index contributed by atoms with van der Waals surface area (Å²) in [6.45, 7) is 0.333. The third-order valence-electron chi connectivity index (χ3n) is 7.12. The average molecular weight is 537 g/mol. The molecule has 1 unspecified atom stereocenters. The molecule has 0 radical (unpaired) electrons. The molecule has 1 aliphatic heterocycles. The van der Waals surface area contributed by atoms with E-state index < -0.39 is 35.0 Å². The number of methoxy groups -OCH3 is 2. The van der Waals surface area contributed by atoms with Gasteiger partial charge in [0.1, 0.15) is 39.7 Å². The number of hydrogen-bond donors (Lipinski definition) is 1. The Morgan fingerprint density at radius 3 is 2.51 bits per heavy atom. The zero-order valence-electron chi connectivity index (χ0n) is 21.6. The second-order valence-electron chi connectivity index (χ2n) is 9.38. The number of amides is 1. The Morgan fingerprint density at radius 1 is 1.10 bits per heavy atom. The van der Waals surface area contributed by atoms with Crippen LogP contribution >= 0.6 is 0 Å². The monoisotopic (exact) mass is 536 g/mol. The summed E-state index contributed by atoms with van der Waals surface area (Å²) in [7, 11) is 4.56. The number of carboxylic acids is 1. The number of rotatable bonds is 7. The molecule has 11 heteroatoms. The first kappa shape index (κ1) is 26.1. The summed E-state index contributed by atoms with van der Waals surface area (Å²) in [4.78, 5) is 26.5. The Kier molecular flexibility index (Phi) is 6.90. The number of aromatic nitrogens is 3. The topological polar surface area (TPSA) is 107 Å². The number of nitrogens with zero attached hydrogens (tertiary/aromatic N) is 4. The Balaban J connectivity index is 1.52. The Hall–Kier alpha value is -4.54. The molecule has 0 spiro atoms. The molecule has 1 atom stereocenters. The van der Waals surface area contributed by atoms with Gasteiger partial charge in [0.15, 0.2) is 0 Å². The van der Waals surface area contributed by atoms with E-state index in [1.165, 1.54) is 19.1 Å². The van der Waals surface area contributed by atoms with Crippen molar-refractivity contribution in [3.63, 3.8) is 0 Å². The van der Waals surface area contributed by atoms with Gasteiger partial charge in [0, 0.05) is 38.2 Å². The van der Waals surface area contributed by atoms with Crippen molar-refractivity contribution in [1.82, 2.24) is 19.9 Å². The maximum Gasteiger partial charge on any atom is 0.304 e. The summed E-state index contributed by atoms with van der Waals surface area (Å²) in [5, 5.41) is 18.0. The number of carbonyl (C=O) groups is 2. The third kappa shape index (κ3) is 4.75. The second-order valence-corrected chi connectivity index (χ2v) is 9.38. The zero-order chi connectivity index (χ0) is 27.8. The number of ether oxygens (including phenoxy) is 2. The molecule has 0 bridgehead atoms. The first-order valence-corrected chi connectivity index (χ1v) is 12.2. The third-order valence-corrected chi connectivity index (χ3v) is 7.12. The predicted octanol–water partition coefficient (Wildman–Crippen LogP) is 4.07. The van der Waals surface area contributed by atoms with Gasteiger partial charge in [0.05, 0.1) is 20.6 Å². The fourth-order valence-corrected chi connectivity index (χ4v) is 5.28. The van der Waals surface area contributed by atoms with Crippen molar-refractivity contribution in [3.05, 3.63) is 81.9 Å². The summed E-state index contributed by atoms with van der Waals surface area (Å²) in [5.74, 6) is -3.75. The lowest BCUT2D eigenvalue weighted by Crippen LogP contribution is -2.37.